The molecule has 2 heterocycles. The minimum atomic E-state index is 0.0311. The van der Waals surface area contributed by atoms with Gasteiger partial charge in [0, 0.05) is 28.9 Å². The molecule has 1 aromatic heterocycles. The van der Waals surface area contributed by atoms with E-state index < -0.39 is 0 Å². The number of fused-ring (bicyclic) bond motifs is 1. The summed E-state index contributed by atoms with van der Waals surface area (Å²) in [5.41, 5.74) is 1.76. The predicted octanol–water partition coefficient (Wildman–Crippen LogP) is 3.18. The van der Waals surface area contributed by atoms with Crippen molar-refractivity contribution in [3.63, 3.8) is 0 Å². The minimum absolute atomic E-state index is 0.0311. The highest BCUT2D eigenvalue weighted by molar-refractivity contribution is 7.99. The zero-order valence-corrected chi connectivity index (χ0v) is 11.6. The van der Waals surface area contributed by atoms with Crippen LogP contribution in [0.15, 0.2) is 30.5 Å². The third-order valence-electron chi connectivity index (χ3n) is 3.60. The molecule has 1 aromatic carbocycles. The Bertz CT molecular complexity index is 572. The summed E-state index contributed by atoms with van der Waals surface area (Å²) in [6, 6.07) is 7.91. The van der Waals surface area contributed by atoms with E-state index in [1.165, 1.54) is 25.0 Å². The molecule has 19 heavy (non-hydrogen) atoms. The lowest BCUT2D eigenvalue weighted by atomic mass is 10.1. The van der Waals surface area contributed by atoms with Crippen molar-refractivity contribution in [3.8, 4) is 0 Å². The highest BCUT2D eigenvalue weighted by Gasteiger charge is 2.16. The van der Waals surface area contributed by atoms with Gasteiger partial charge in [-0.1, -0.05) is 24.6 Å². The monoisotopic (exact) mass is 274 g/mol. The molecule has 1 atom stereocenters. The third-order valence-corrected chi connectivity index (χ3v) is 5.00. The molecule has 0 aliphatic carbocycles. The Kier molecular flexibility index (Phi) is 3.78. The fourth-order valence-electron chi connectivity index (χ4n) is 2.53. The van der Waals surface area contributed by atoms with Crippen LogP contribution in [0.3, 0.4) is 0 Å². The predicted molar refractivity (Wildman–Crippen MR) is 80.7 cm³/mol. The normalized spacial score (nSPS) is 19.5. The SMILES string of the molecule is O=C(NCC1CCCCS1)c1c[nH]c2ccccc12. The van der Waals surface area contributed by atoms with Crippen LogP contribution < -0.4 is 5.32 Å². The van der Waals surface area contributed by atoms with Crippen LogP contribution in [0.2, 0.25) is 0 Å². The average molecular weight is 274 g/mol. The second kappa shape index (κ2) is 5.70. The molecule has 2 N–H and O–H groups in total. The molecule has 3 rings (SSSR count). The number of carbonyl (C=O) groups excluding carboxylic acids is 1. The summed E-state index contributed by atoms with van der Waals surface area (Å²) in [5.74, 6) is 1.26. The van der Waals surface area contributed by atoms with Gasteiger partial charge in [0.2, 0.25) is 0 Å². The van der Waals surface area contributed by atoms with Crippen molar-refractivity contribution in [2.45, 2.75) is 24.5 Å². The number of rotatable bonds is 3. The minimum Gasteiger partial charge on any atom is -0.360 e. The van der Waals surface area contributed by atoms with Gasteiger partial charge in [0.05, 0.1) is 5.56 Å². The van der Waals surface area contributed by atoms with Gasteiger partial charge < -0.3 is 10.3 Å². The fraction of sp³-hybridized carbons (Fsp3) is 0.400. The summed E-state index contributed by atoms with van der Waals surface area (Å²) in [4.78, 5) is 15.4. The second-order valence-corrected chi connectivity index (χ2v) is 6.35. The molecule has 0 radical (unpaired) electrons. The number of thioether (sulfide) groups is 1. The first-order valence-electron chi connectivity index (χ1n) is 6.80. The molecule has 4 heteroatoms. The van der Waals surface area contributed by atoms with Gasteiger partial charge in [-0.05, 0) is 24.7 Å². The maximum Gasteiger partial charge on any atom is 0.253 e. The first-order valence-corrected chi connectivity index (χ1v) is 7.85. The molecule has 3 nitrogen and oxygen atoms in total. The smallest absolute Gasteiger partial charge is 0.253 e. The van der Waals surface area contributed by atoms with Crippen LogP contribution in [-0.2, 0) is 0 Å². The zero-order valence-electron chi connectivity index (χ0n) is 10.8. The lowest BCUT2D eigenvalue weighted by Crippen LogP contribution is -2.31. The van der Waals surface area contributed by atoms with Gasteiger partial charge in [-0.25, -0.2) is 0 Å². The van der Waals surface area contributed by atoms with Crippen molar-refractivity contribution in [2.75, 3.05) is 12.3 Å². The summed E-state index contributed by atoms with van der Waals surface area (Å²) in [5, 5.41) is 4.65. The van der Waals surface area contributed by atoms with Crippen molar-refractivity contribution in [2.24, 2.45) is 0 Å². The van der Waals surface area contributed by atoms with Gasteiger partial charge in [0.25, 0.3) is 5.91 Å². The van der Waals surface area contributed by atoms with Crippen molar-refractivity contribution in [1.82, 2.24) is 10.3 Å². The van der Waals surface area contributed by atoms with Crippen LogP contribution in [-0.4, -0.2) is 28.4 Å². The third kappa shape index (κ3) is 2.78. The fourth-order valence-corrected chi connectivity index (χ4v) is 3.77. The number of para-hydroxylation sites is 1. The first-order chi connectivity index (χ1) is 9.34. The van der Waals surface area contributed by atoms with E-state index in [4.69, 9.17) is 0 Å². The van der Waals surface area contributed by atoms with Gasteiger partial charge in [0.15, 0.2) is 0 Å². The quantitative estimate of drug-likeness (QED) is 0.903. The van der Waals surface area contributed by atoms with Crippen LogP contribution in [0.25, 0.3) is 10.9 Å². The van der Waals surface area contributed by atoms with Gasteiger partial charge in [-0.3, -0.25) is 4.79 Å². The van der Waals surface area contributed by atoms with E-state index in [9.17, 15) is 4.79 Å². The van der Waals surface area contributed by atoms with E-state index in [1.807, 2.05) is 36.0 Å². The number of carbonyl (C=O) groups is 1. The molecule has 1 aliphatic heterocycles. The Balaban J connectivity index is 1.66. The van der Waals surface area contributed by atoms with Crippen LogP contribution in [0.5, 0.6) is 0 Å². The Morgan fingerprint density at radius 3 is 3.11 bits per heavy atom. The lowest BCUT2D eigenvalue weighted by Gasteiger charge is -2.21. The molecule has 0 saturated carbocycles. The maximum atomic E-state index is 12.2. The molecule has 1 unspecified atom stereocenters. The molecule has 1 aliphatic rings. The second-order valence-electron chi connectivity index (χ2n) is 4.95. The van der Waals surface area contributed by atoms with Crippen LogP contribution in [0.4, 0.5) is 0 Å². The van der Waals surface area contributed by atoms with E-state index in [0.29, 0.717) is 5.25 Å². The van der Waals surface area contributed by atoms with Gasteiger partial charge in [-0.2, -0.15) is 11.8 Å². The highest BCUT2D eigenvalue weighted by atomic mass is 32.2. The summed E-state index contributed by atoms with van der Waals surface area (Å²) in [6.07, 6.45) is 5.63. The topological polar surface area (TPSA) is 44.9 Å². The standard InChI is InChI=1S/C15H18N2OS/c18-15(17-9-11-5-3-4-8-19-11)13-10-16-14-7-2-1-6-12(13)14/h1-2,6-7,10-11,16H,3-5,8-9H2,(H,17,18). The molecule has 1 amide bonds. The van der Waals surface area contributed by atoms with Crippen molar-refractivity contribution < 1.29 is 4.79 Å². The Labute approximate surface area is 117 Å². The number of aromatic amines is 1. The zero-order chi connectivity index (χ0) is 13.1. The van der Waals surface area contributed by atoms with Crippen LogP contribution >= 0.6 is 11.8 Å². The summed E-state index contributed by atoms with van der Waals surface area (Å²) < 4.78 is 0. The number of benzene rings is 1. The number of H-pyrrole nitrogens is 1. The van der Waals surface area contributed by atoms with E-state index in [1.54, 1.807) is 6.20 Å². The number of nitrogens with one attached hydrogen (secondary N) is 2. The molecular formula is C15H18N2OS. The first kappa shape index (κ1) is 12.6. The Hall–Kier alpha value is -1.42. The molecule has 0 bridgehead atoms. The summed E-state index contributed by atoms with van der Waals surface area (Å²) in [6.45, 7) is 0.781. The number of hydrogen-bond donors (Lipinski definition) is 2. The van der Waals surface area contributed by atoms with Crippen molar-refractivity contribution in [1.29, 1.82) is 0 Å². The maximum absolute atomic E-state index is 12.2. The number of hydrogen-bond acceptors (Lipinski definition) is 2. The molecule has 1 saturated heterocycles. The lowest BCUT2D eigenvalue weighted by molar-refractivity contribution is 0.0955. The summed E-state index contributed by atoms with van der Waals surface area (Å²) in [7, 11) is 0. The van der Waals surface area contributed by atoms with E-state index >= 15 is 0 Å². The van der Waals surface area contributed by atoms with E-state index in [-0.39, 0.29) is 5.91 Å². The number of amides is 1. The van der Waals surface area contributed by atoms with Crippen molar-refractivity contribution >= 4 is 28.6 Å². The Morgan fingerprint density at radius 2 is 2.26 bits per heavy atom. The van der Waals surface area contributed by atoms with Gasteiger partial charge in [-0.15, -0.1) is 0 Å². The Morgan fingerprint density at radius 1 is 1.37 bits per heavy atom. The van der Waals surface area contributed by atoms with E-state index in [0.717, 1.165) is 23.0 Å². The average Bonchev–Trinajstić information content (AvgIpc) is 2.90. The van der Waals surface area contributed by atoms with E-state index in [2.05, 4.69) is 10.3 Å². The van der Waals surface area contributed by atoms with Crippen LogP contribution in [0, 0.1) is 0 Å². The highest BCUT2D eigenvalue weighted by Crippen LogP contribution is 2.24. The van der Waals surface area contributed by atoms with Gasteiger partial charge >= 0.3 is 0 Å². The van der Waals surface area contributed by atoms with Gasteiger partial charge in [0.1, 0.15) is 0 Å². The molecule has 2 aromatic rings. The molecular weight excluding hydrogens is 256 g/mol. The molecule has 100 valence electrons. The molecule has 0 spiro atoms. The number of aromatic nitrogens is 1. The summed E-state index contributed by atoms with van der Waals surface area (Å²) >= 11 is 1.98. The largest absolute Gasteiger partial charge is 0.360 e. The molecule has 1 fully saturated rings. The van der Waals surface area contributed by atoms with Crippen LogP contribution in [0.1, 0.15) is 29.6 Å². The van der Waals surface area contributed by atoms with Crippen molar-refractivity contribution in [3.05, 3.63) is 36.0 Å².